The van der Waals surface area contributed by atoms with E-state index in [4.69, 9.17) is 9.84 Å². The van der Waals surface area contributed by atoms with Gasteiger partial charge in [-0.2, -0.15) is 0 Å². The number of aliphatic hydroxyl groups excluding tert-OH is 2. The lowest BCUT2D eigenvalue weighted by Crippen LogP contribution is -2.21. The molecular weight excluding hydrogens is 204 g/mol. The molecule has 0 radical (unpaired) electrons. The van der Waals surface area contributed by atoms with Gasteiger partial charge in [0.15, 0.2) is 0 Å². The highest BCUT2D eigenvalue weighted by molar-refractivity contribution is 5.37. The number of hydrogen-bond acceptors (Lipinski definition) is 3. The fourth-order valence-electron chi connectivity index (χ4n) is 1.55. The van der Waals surface area contributed by atoms with Crippen LogP contribution in [-0.2, 0) is 6.42 Å². The van der Waals surface area contributed by atoms with Gasteiger partial charge in [0.05, 0.1) is 6.61 Å². The summed E-state index contributed by atoms with van der Waals surface area (Å²) in [5.74, 6) is 0.806. The smallest absolute Gasteiger partial charge is 0.122 e. The number of aryl methyl sites for hydroxylation is 2. The second kappa shape index (κ2) is 6.51. The van der Waals surface area contributed by atoms with Crippen molar-refractivity contribution in [2.75, 3.05) is 13.2 Å². The Morgan fingerprint density at radius 3 is 2.75 bits per heavy atom. The van der Waals surface area contributed by atoms with Crippen molar-refractivity contribution in [3.8, 4) is 5.75 Å². The van der Waals surface area contributed by atoms with Gasteiger partial charge in [0.1, 0.15) is 18.5 Å². The van der Waals surface area contributed by atoms with Crippen molar-refractivity contribution < 1.29 is 14.9 Å². The highest BCUT2D eigenvalue weighted by atomic mass is 16.5. The first-order chi connectivity index (χ1) is 7.67. The number of rotatable bonds is 6. The maximum Gasteiger partial charge on any atom is 0.122 e. The van der Waals surface area contributed by atoms with E-state index < -0.39 is 6.10 Å². The Balaban J connectivity index is 2.70. The number of hydrogen-bond donors (Lipinski definition) is 2. The summed E-state index contributed by atoms with van der Waals surface area (Å²) in [6, 6.07) is 6.01. The minimum atomic E-state index is -0.809. The standard InChI is InChI=1S/C13H20O3/c1-3-4-11-7-10(2)5-6-13(11)16-9-12(15)8-14/h5-7,12,14-15H,3-4,8-9H2,1-2H3. The van der Waals surface area contributed by atoms with Crippen molar-refractivity contribution in [1.82, 2.24) is 0 Å². The maximum atomic E-state index is 9.22. The first-order valence-corrected chi connectivity index (χ1v) is 5.68. The monoisotopic (exact) mass is 224 g/mol. The van der Waals surface area contributed by atoms with Crippen LogP contribution in [0.5, 0.6) is 5.75 Å². The van der Waals surface area contributed by atoms with E-state index >= 15 is 0 Å². The first kappa shape index (κ1) is 13.0. The summed E-state index contributed by atoms with van der Waals surface area (Å²) in [6.07, 6.45) is 1.21. The Morgan fingerprint density at radius 1 is 1.38 bits per heavy atom. The highest BCUT2D eigenvalue weighted by Crippen LogP contribution is 2.21. The van der Waals surface area contributed by atoms with Crippen molar-refractivity contribution >= 4 is 0 Å². The predicted molar refractivity (Wildman–Crippen MR) is 63.8 cm³/mol. The zero-order chi connectivity index (χ0) is 12.0. The molecule has 3 heteroatoms. The Labute approximate surface area is 96.7 Å². The van der Waals surface area contributed by atoms with E-state index in [2.05, 4.69) is 13.0 Å². The molecule has 0 bridgehead atoms. The fourth-order valence-corrected chi connectivity index (χ4v) is 1.55. The van der Waals surface area contributed by atoms with Gasteiger partial charge in [-0.05, 0) is 25.0 Å². The van der Waals surface area contributed by atoms with Crippen LogP contribution in [0.4, 0.5) is 0 Å². The zero-order valence-electron chi connectivity index (χ0n) is 9.94. The molecule has 0 aliphatic carbocycles. The molecule has 0 aromatic heterocycles. The summed E-state index contributed by atoms with van der Waals surface area (Å²) in [6.45, 7) is 4.03. The van der Waals surface area contributed by atoms with Crippen LogP contribution in [0, 0.1) is 6.92 Å². The number of benzene rings is 1. The average Bonchev–Trinajstić information content (AvgIpc) is 2.28. The van der Waals surface area contributed by atoms with Gasteiger partial charge < -0.3 is 14.9 Å². The summed E-state index contributed by atoms with van der Waals surface area (Å²) in [5.41, 5.74) is 2.37. The maximum absolute atomic E-state index is 9.22. The Hall–Kier alpha value is -1.06. The molecule has 0 saturated heterocycles. The Morgan fingerprint density at radius 2 is 2.12 bits per heavy atom. The van der Waals surface area contributed by atoms with Crippen LogP contribution in [0.15, 0.2) is 18.2 Å². The molecule has 16 heavy (non-hydrogen) atoms. The summed E-state index contributed by atoms with van der Waals surface area (Å²) >= 11 is 0. The van der Waals surface area contributed by atoms with Gasteiger partial charge >= 0.3 is 0 Å². The summed E-state index contributed by atoms with van der Waals surface area (Å²) in [4.78, 5) is 0. The van der Waals surface area contributed by atoms with E-state index in [-0.39, 0.29) is 13.2 Å². The molecule has 2 N–H and O–H groups in total. The van der Waals surface area contributed by atoms with E-state index in [1.54, 1.807) is 0 Å². The second-order valence-electron chi connectivity index (χ2n) is 4.01. The third-order valence-electron chi connectivity index (χ3n) is 2.38. The van der Waals surface area contributed by atoms with Gasteiger partial charge in [-0.1, -0.05) is 31.0 Å². The molecule has 0 heterocycles. The lowest BCUT2D eigenvalue weighted by Gasteiger charge is -2.14. The van der Waals surface area contributed by atoms with Crippen molar-refractivity contribution in [3.05, 3.63) is 29.3 Å². The molecule has 0 aliphatic rings. The number of ether oxygens (including phenoxy) is 1. The van der Waals surface area contributed by atoms with E-state index in [1.807, 2.05) is 19.1 Å². The highest BCUT2D eigenvalue weighted by Gasteiger charge is 2.07. The third kappa shape index (κ3) is 3.83. The SMILES string of the molecule is CCCc1cc(C)ccc1OCC(O)CO. The van der Waals surface area contributed by atoms with Gasteiger partial charge in [-0.25, -0.2) is 0 Å². The summed E-state index contributed by atoms with van der Waals surface area (Å²) in [7, 11) is 0. The molecule has 1 aromatic rings. The van der Waals surface area contributed by atoms with Crippen molar-refractivity contribution in [3.63, 3.8) is 0 Å². The second-order valence-corrected chi connectivity index (χ2v) is 4.01. The molecule has 0 fully saturated rings. The van der Waals surface area contributed by atoms with Crippen LogP contribution in [0.3, 0.4) is 0 Å². The lowest BCUT2D eigenvalue weighted by atomic mass is 10.1. The molecule has 1 unspecified atom stereocenters. The molecule has 3 nitrogen and oxygen atoms in total. The van der Waals surface area contributed by atoms with Crippen LogP contribution in [0.2, 0.25) is 0 Å². The minimum Gasteiger partial charge on any atom is -0.491 e. The molecule has 90 valence electrons. The molecular formula is C13H20O3. The lowest BCUT2D eigenvalue weighted by molar-refractivity contribution is 0.0533. The average molecular weight is 224 g/mol. The summed E-state index contributed by atoms with van der Waals surface area (Å²) < 4.78 is 5.49. The van der Waals surface area contributed by atoms with E-state index in [0.29, 0.717) is 0 Å². The van der Waals surface area contributed by atoms with Gasteiger partial charge in [-0.3, -0.25) is 0 Å². The largest absolute Gasteiger partial charge is 0.491 e. The molecule has 0 spiro atoms. The van der Waals surface area contributed by atoms with Crippen LogP contribution in [0.1, 0.15) is 24.5 Å². The molecule has 0 aliphatic heterocycles. The predicted octanol–water partition coefficient (Wildman–Crippen LogP) is 1.68. The third-order valence-corrected chi connectivity index (χ3v) is 2.38. The Kier molecular flexibility index (Phi) is 5.29. The van der Waals surface area contributed by atoms with Gasteiger partial charge in [0.25, 0.3) is 0 Å². The Bertz CT molecular complexity index is 323. The normalized spacial score (nSPS) is 12.5. The van der Waals surface area contributed by atoms with Gasteiger partial charge in [0.2, 0.25) is 0 Å². The van der Waals surface area contributed by atoms with Crippen molar-refractivity contribution in [2.24, 2.45) is 0 Å². The molecule has 1 atom stereocenters. The molecule has 1 aromatic carbocycles. The van der Waals surface area contributed by atoms with Crippen molar-refractivity contribution in [1.29, 1.82) is 0 Å². The zero-order valence-corrected chi connectivity index (χ0v) is 9.94. The van der Waals surface area contributed by atoms with E-state index in [0.717, 1.165) is 24.2 Å². The van der Waals surface area contributed by atoms with Crippen LogP contribution >= 0.6 is 0 Å². The molecule has 1 rings (SSSR count). The quantitative estimate of drug-likeness (QED) is 0.773. The van der Waals surface area contributed by atoms with Crippen LogP contribution < -0.4 is 4.74 Å². The van der Waals surface area contributed by atoms with Crippen LogP contribution in [0.25, 0.3) is 0 Å². The molecule has 0 amide bonds. The van der Waals surface area contributed by atoms with E-state index in [9.17, 15) is 5.11 Å². The topological polar surface area (TPSA) is 49.7 Å². The van der Waals surface area contributed by atoms with Crippen LogP contribution in [-0.4, -0.2) is 29.5 Å². The number of aliphatic hydroxyl groups is 2. The first-order valence-electron chi connectivity index (χ1n) is 5.68. The van der Waals surface area contributed by atoms with E-state index in [1.165, 1.54) is 5.56 Å². The van der Waals surface area contributed by atoms with Gasteiger partial charge in [-0.15, -0.1) is 0 Å². The van der Waals surface area contributed by atoms with Crippen molar-refractivity contribution in [2.45, 2.75) is 32.8 Å². The molecule has 0 saturated carbocycles. The fraction of sp³-hybridized carbons (Fsp3) is 0.538. The minimum absolute atomic E-state index is 0.135. The summed E-state index contributed by atoms with van der Waals surface area (Å²) in [5, 5.41) is 17.9. The van der Waals surface area contributed by atoms with Gasteiger partial charge in [0, 0.05) is 0 Å².